The molecule has 0 saturated heterocycles. The van der Waals surface area contributed by atoms with Gasteiger partial charge in [-0.05, 0) is 50.8 Å². The Hall–Kier alpha value is -1.91. The topological polar surface area (TPSA) is 55.6 Å². The van der Waals surface area contributed by atoms with Crippen LogP contribution in [0.15, 0.2) is 24.4 Å². The molecule has 0 amide bonds. The Bertz CT molecular complexity index is 541. The normalized spacial score (nSPS) is 16.9. The third-order valence-corrected chi connectivity index (χ3v) is 3.84. The number of hydrogen-bond acceptors (Lipinski definition) is 4. The van der Waals surface area contributed by atoms with Gasteiger partial charge in [-0.2, -0.15) is 5.10 Å². The van der Waals surface area contributed by atoms with Gasteiger partial charge in [0.2, 0.25) is 0 Å². The van der Waals surface area contributed by atoms with Crippen LogP contribution in [0.25, 0.3) is 5.82 Å². The van der Waals surface area contributed by atoms with Gasteiger partial charge in [0.25, 0.3) is 0 Å². The van der Waals surface area contributed by atoms with Gasteiger partial charge < -0.3 is 5.32 Å². The Morgan fingerprint density at radius 3 is 2.63 bits per heavy atom. The summed E-state index contributed by atoms with van der Waals surface area (Å²) in [5.41, 5.74) is 0.975. The summed E-state index contributed by atoms with van der Waals surface area (Å²) in [4.78, 5) is 0. The van der Waals surface area contributed by atoms with Crippen molar-refractivity contribution in [1.29, 1.82) is 0 Å². The van der Waals surface area contributed by atoms with Crippen LogP contribution in [0.4, 0.5) is 5.82 Å². The van der Waals surface area contributed by atoms with Crippen LogP contribution in [-0.4, -0.2) is 26.0 Å². The van der Waals surface area contributed by atoms with E-state index in [0.29, 0.717) is 6.04 Å². The van der Waals surface area contributed by atoms with Crippen LogP contribution in [0.3, 0.4) is 0 Å². The van der Waals surface area contributed by atoms with Crippen molar-refractivity contribution in [3.05, 3.63) is 30.1 Å². The first-order valence-electron chi connectivity index (χ1n) is 6.85. The number of rotatable bonds is 4. The minimum absolute atomic E-state index is 0.473. The van der Waals surface area contributed by atoms with E-state index >= 15 is 0 Å². The summed E-state index contributed by atoms with van der Waals surface area (Å²) >= 11 is 0. The van der Waals surface area contributed by atoms with E-state index in [9.17, 15) is 0 Å². The summed E-state index contributed by atoms with van der Waals surface area (Å²) in [7, 11) is 0. The predicted molar refractivity (Wildman–Crippen MR) is 74.3 cm³/mol. The average molecular weight is 257 g/mol. The smallest absolute Gasteiger partial charge is 0.175 e. The highest BCUT2D eigenvalue weighted by molar-refractivity contribution is 5.37. The number of nitrogens with one attached hydrogen (secondary N) is 1. The van der Waals surface area contributed by atoms with E-state index in [2.05, 4.69) is 27.5 Å². The number of aryl methyl sites for hydroxylation is 1. The van der Waals surface area contributed by atoms with Crippen molar-refractivity contribution in [3.63, 3.8) is 0 Å². The molecule has 1 N–H and O–H groups in total. The summed E-state index contributed by atoms with van der Waals surface area (Å²) < 4.78 is 1.74. The summed E-state index contributed by atoms with van der Waals surface area (Å²) in [6, 6.07) is 6.33. The van der Waals surface area contributed by atoms with Crippen molar-refractivity contribution in [2.45, 2.75) is 39.2 Å². The molecule has 0 bridgehead atoms. The first-order valence-corrected chi connectivity index (χ1v) is 6.85. The molecule has 2 aromatic rings. The SMILES string of the molecule is Cc1ccn(-c2ccc(NC(C)C3CCC3)nn2)n1. The maximum absolute atomic E-state index is 4.32. The van der Waals surface area contributed by atoms with Gasteiger partial charge in [-0.3, -0.25) is 0 Å². The number of nitrogens with zero attached hydrogens (tertiary/aromatic N) is 4. The quantitative estimate of drug-likeness (QED) is 0.914. The predicted octanol–water partition coefficient (Wildman–Crippen LogP) is 2.57. The first-order chi connectivity index (χ1) is 9.22. The fourth-order valence-electron chi connectivity index (χ4n) is 2.36. The van der Waals surface area contributed by atoms with Gasteiger partial charge in [-0.25, -0.2) is 4.68 Å². The third kappa shape index (κ3) is 2.59. The molecule has 0 spiro atoms. The van der Waals surface area contributed by atoms with Crippen molar-refractivity contribution in [2.24, 2.45) is 5.92 Å². The van der Waals surface area contributed by atoms with Crippen LogP contribution < -0.4 is 5.32 Å². The minimum Gasteiger partial charge on any atom is -0.366 e. The van der Waals surface area contributed by atoms with Gasteiger partial charge in [0.05, 0.1) is 5.69 Å². The molecule has 0 aromatic carbocycles. The van der Waals surface area contributed by atoms with Crippen molar-refractivity contribution in [2.75, 3.05) is 5.32 Å². The highest BCUT2D eigenvalue weighted by Gasteiger charge is 2.23. The summed E-state index contributed by atoms with van der Waals surface area (Å²) in [6.07, 6.45) is 5.90. The lowest BCUT2D eigenvalue weighted by molar-refractivity contribution is 0.285. The highest BCUT2D eigenvalue weighted by atomic mass is 15.3. The van der Waals surface area contributed by atoms with E-state index in [1.54, 1.807) is 4.68 Å². The summed E-state index contributed by atoms with van der Waals surface area (Å²) in [5.74, 6) is 2.37. The van der Waals surface area contributed by atoms with Gasteiger partial charge in [-0.15, -0.1) is 10.2 Å². The van der Waals surface area contributed by atoms with Crippen LogP contribution in [0, 0.1) is 12.8 Å². The molecule has 0 aliphatic heterocycles. The van der Waals surface area contributed by atoms with Gasteiger partial charge in [0, 0.05) is 12.2 Å². The Morgan fingerprint density at radius 1 is 1.26 bits per heavy atom. The fourth-order valence-corrected chi connectivity index (χ4v) is 2.36. The molecule has 2 heterocycles. The second kappa shape index (κ2) is 4.99. The molecule has 5 heteroatoms. The molecule has 3 rings (SSSR count). The molecular formula is C14H19N5. The molecule has 2 aromatic heterocycles. The zero-order valence-electron chi connectivity index (χ0n) is 11.4. The molecule has 1 aliphatic carbocycles. The van der Waals surface area contributed by atoms with Crippen molar-refractivity contribution >= 4 is 5.82 Å². The van der Waals surface area contributed by atoms with Crippen LogP contribution in [0.2, 0.25) is 0 Å². The molecule has 1 aliphatic rings. The van der Waals surface area contributed by atoms with Crippen molar-refractivity contribution < 1.29 is 0 Å². The van der Waals surface area contributed by atoms with E-state index in [-0.39, 0.29) is 0 Å². The standard InChI is InChI=1S/C14H19N5/c1-10-8-9-19(18-10)14-7-6-13(16-17-14)15-11(2)12-4-3-5-12/h6-9,11-12H,3-5H2,1-2H3,(H,15,16). The van der Waals surface area contributed by atoms with Gasteiger partial charge in [0.15, 0.2) is 5.82 Å². The molecule has 19 heavy (non-hydrogen) atoms. The Balaban J connectivity index is 1.68. The largest absolute Gasteiger partial charge is 0.366 e. The summed E-state index contributed by atoms with van der Waals surface area (Å²) in [5, 5.41) is 16.2. The third-order valence-electron chi connectivity index (χ3n) is 3.84. The van der Waals surface area contributed by atoms with E-state index in [4.69, 9.17) is 0 Å². The monoisotopic (exact) mass is 257 g/mol. The maximum atomic E-state index is 4.32. The molecular weight excluding hydrogens is 238 g/mol. The second-order valence-corrected chi connectivity index (χ2v) is 5.30. The number of hydrogen-bond donors (Lipinski definition) is 1. The first kappa shape index (κ1) is 12.1. The van der Waals surface area contributed by atoms with E-state index in [0.717, 1.165) is 23.2 Å². The lowest BCUT2D eigenvalue weighted by atomic mass is 9.80. The van der Waals surface area contributed by atoms with E-state index in [1.807, 2.05) is 31.3 Å². The van der Waals surface area contributed by atoms with Crippen LogP contribution in [0.1, 0.15) is 31.9 Å². The lowest BCUT2D eigenvalue weighted by Crippen LogP contribution is -2.31. The Morgan fingerprint density at radius 2 is 2.11 bits per heavy atom. The van der Waals surface area contributed by atoms with E-state index < -0.39 is 0 Å². The number of aromatic nitrogens is 4. The zero-order valence-corrected chi connectivity index (χ0v) is 11.4. The Kier molecular flexibility index (Phi) is 3.19. The van der Waals surface area contributed by atoms with Gasteiger partial charge in [0.1, 0.15) is 5.82 Å². The van der Waals surface area contributed by atoms with Crippen LogP contribution in [0.5, 0.6) is 0 Å². The molecule has 5 nitrogen and oxygen atoms in total. The van der Waals surface area contributed by atoms with Crippen molar-refractivity contribution in [3.8, 4) is 5.82 Å². The number of anilines is 1. The zero-order chi connectivity index (χ0) is 13.2. The molecule has 1 saturated carbocycles. The van der Waals surface area contributed by atoms with Crippen molar-refractivity contribution in [1.82, 2.24) is 20.0 Å². The molecule has 1 unspecified atom stereocenters. The van der Waals surface area contributed by atoms with E-state index in [1.165, 1.54) is 19.3 Å². The van der Waals surface area contributed by atoms with Gasteiger partial charge in [-0.1, -0.05) is 6.42 Å². The second-order valence-electron chi connectivity index (χ2n) is 5.30. The molecule has 1 atom stereocenters. The molecule has 100 valence electrons. The highest BCUT2D eigenvalue weighted by Crippen LogP contribution is 2.30. The fraction of sp³-hybridized carbons (Fsp3) is 0.500. The van der Waals surface area contributed by atoms with Crippen LogP contribution >= 0.6 is 0 Å². The molecule has 0 radical (unpaired) electrons. The maximum Gasteiger partial charge on any atom is 0.175 e. The minimum atomic E-state index is 0.473. The average Bonchev–Trinajstić information content (AvgIpc) is 2.74. The van der Waals surface area contributed by atoms with Gasteiger partial charge >= 0.3 is 0 Å². The van der Waals surface area contributed by atoms with Crippen LogP contribution in [-0.2, 0) is 0 Å². The molecule has 1 fully saturated rings. The summed E-state index contributed by atoms with van der Waals surface area (Å²) in [6.45, 7) is 4.18. The Labute approximate surface area is 113 Å². The lowest BCUT2D eigenvalue weighted by Gasteiger charge is -2.32.